The number of aliphatic imine (C=N–C) groups is 1. The second-order valence-electron chi connectivity index (χ2n) is 6.77. The first-order valence-corrected chi connectivity index (χ1v) is 11.2. The summed E-state index contributed by atoms with van der Waals surface area (Å²) in [5, 5.41) is 1.70. The number of amidine groups is 1. The minimum Gasteiger partial charge on any atom is -0.497 e. The van der Waals surface area contributed by atoms with Crippen molar-refractivity contribution in [2.24, 2.45) is 4.99 Å². The van der Waals surface area contributed by atoms with Crippen molar-refractivity contribution in [1.82, 2.24) is 4.90 Å². The number of methoxy groups -OCH3 is 1. The van der Waals surface area contributed by atoms with Gasteiger partial charge in [-0.3, -0.25) is 9.69 Å². The van der Waals surface area contributed by atoms with Crippen LogP contribution in [0, 0.1) is 0 Å². The van der Waals surface area contributed by atoms with E-state index in [-0.39, 0.29) is 5.91 Å². The van der Waals surface area contributed by atoms with Crippen molar-refractivity contribution in [3.05, 3.63) is 58.5 Å². The molecule has 0 atom stereocenters. The molecule has 2 aromatic carbocycles. The number of ether oxygens (including phenoxy) is 1. The number of hydrogen-bond acceptors (Lipinski definition) is 6. The van der Waals surface area contributed by atoms with Crippen molar-refractivity contribution < 1.29 is 9.53 Å². The van der Waals surface area contributed by atoms with Gasteiger partial charge in [-0.25, -0.2) is 4.99 Å². The Morgan fingerprint density at radius 3 is 2.62 bits per heavy atom. The summed E-state index contributed by atoms with van der Waals surface area (Å²) < 4.78 is 5.36. The molecule has 0 aromatic heterocycles. The van der Waals surface area contributed by atoms with Gasteiger partial charge in [0.1, 0.15) is 10.7 Å². The lowest BCUT2D eigenvalue weighted by Crippen LogP contribution is -2.30. The molecule has 29 heavy (non-hydrogen) atoms. The zero-order valence-electron chi connectivity index (χ0n) is 16.7. The van der Waals surface area contributed by atoms with Crippen LogP contribution in [0.25, 0.3) is 0 Å². The summed E-state index contributed by atoms with van der Waals surface area (Å²) >= 11 is 3.09. The summed E-state index contributed by atoms with van der Waals surface area (Å²) in [5.74, 6) is 0.844. The lowest BCUT2D eigenvalue weighted by atomic mass is 10.3. The number of thioether (sulfide) groups is 2. The second kappa shape index (κ2) is 8.55. The molecule has 0 bridgehead atoms. The first kappa shape index (κ1) is 19.9. The highest BCUT2D eigenvalue weighted by molar-refractivity contribution is 8.19. The number of benzene rings is 2. The highest BCUT2D eigenvalue weighted by Crippen LogP contribution is 2.51. The van der Waals surface area contributed by atoms with Crippen molar-refractivity contribution in [3.63, 3.8) is 0 Å². The van der Waals surface area contributed by atoms with Crippen LogP contribution in [0.4, 0.5) is 11.4 Å². The molecule has 7 heteroatoms. The maximum atomic E-state index is 13.3. The molecular formula is C22H23N3O2S2. The molecule has 0 saturated carbocycles. The predicted octanol–water partition coefficient (Wildman–Crippen LogP) is 5.47. The summed E-state index contributed by atoms with van der Waals surface area (Å²) in [7, 11) is 3.66. The van der Waals surface area contributed by atoms with Gasteiger partial charge in [-0.15, -0.1) is 0 Å². The maximum Gasteiger partial charge on any atom is 0.269 e. The zero-order valence-corrected chi connectivity index (χ0v) is 18.3. The Bertz CT molecular complexity index is 989. The van der Waals surface area contributed by atoms with Crippen LogP contribution in [0.2, 0.25) is 0 Å². The Kier molecular flexibility index (Phi) is 5.87. The first-order valence-electron chi connectivity index (χ1n) is 9.59. The fourth-order valence-corrected chi connectivity index (χ4v) is 5.55. The third kappa shape index (κ3) is 3.89. The Balaban J connectivity index is 1.71. The molecule has 1 saturated heterocycles. The SMILES string of the molecule is CCCCN1C(=O)/C(=C2\Sc3ccc(OC)cc3N2C)SC1=Nc1ccccc1. The first-order chi connectivity index (χ1) is 14.1. The third-order valence-corrected chi connectivity index (χ3v) is 7.24. The van der Waals surface area contributed by atoms with Crippen LogP contribution < -0.4 is 9.64 Å². The van der Waals surface area contributed by atoms with E-state index in [4.69, 9.17) is 9.73 Å². The summed E-state index contributed by atoms with van der Waals surface area (Å²) in [6.45, 7) is 2.81. The van der Waals surface area contributed by atoms with Crippen LogP contribution in [0.1, 0.15) is 19.8 Å². The Labute approximate surface area is 179 Å². The van der Waals surface area contributed by atoms with Gasteiger partial charge in [0, 0.05) is 24.6 Å². The summed E-state index contributed by atoms with van der Waals surface area (Å²) in [4.78, 5) is 23.8. The molecule has 0 unspecified atom stereocenters. The van der Waals surface area contributed by atoms with Crippen LogP contribution in [0.3, 0.4) is 0 Å². The highest BCUT2D eigenvalue weighted by Gasteiger charge is 2.38. The van der Waals surface area contributed by atoms with Gasteiger partial charge in [0.15, 0.2) is 5.17 Å². The fourth-order valence-electron chi connectivity index (χ4n) is 3.20. The van der Waals surface area contributed by atoms with Crippen molar-refractivity contribution in [3.8, 4) is 5.75 Å². The number of nitrogens with zero attached hydrogens (tertiary/aromatic N) is 3. The summed E-state index contributed by atoms with van der Waals surface area (Å²) in [6.07, 6.45) is 1.97. The number of carbonyl (C=O) groups is 1. The van der Waals surface area contributed by atoms with Gasteiger partial charge in [0.05, 0.1) is 23.5 Å². The van der Waals surface area contributed by atoms with E-state index in [0.717, 1.165) is 50.0 Å². The van der Waals surface area contributed by atoms with Crippen LogP contribution in [0.15, 0.2) is 68.4 Å². The number of hydrogen-bond donors (Lipinski definition) is 0. The quantitative estimate of drug-likeness (QED) is 0.595. The smallest absolute Gasteiger partial charge is 0.269 e. The number of anilines is 1. The van der Waals surface area contributed by atoms with Crippen molar-refractivity contribution in [2.45, 2.75) is 24.7 Å². The van der Waals surface area contributed by atoms with Crippen molar-refractivity contribution >= 4 is 46.0 Å². The largest absolute Gasteiger partial charge is 0.497 e. The molecule has 1 fully saturated rings. The van der Waals surface area contributed by atoms with E-state index < -0.39 is 0 Å². The van der Waals surface area contributed by atoms with Gasteiger partial charge < -0.3 is 9.64 Å². The minimum absolute atomic E-state index is 0.0345. The van der Waals surface area contributed by atoms with Crippen LogP contribution in [0.5, 0.6) is 5.75 Å². The number of fused-ring (bicyclic) bond motifs is 1. The number of para-hydroxylation sites is 1. The molecule has 2 aliphatic heterocycles. The number of carbonyl (C=O) groups excluding carboxylic acids is 1. The molecule has 2 aliphatic rings. The van der Waals surface area contributed by atoms with Crippen molar-refractivity contribution in [1.29, 1.82) is 0 Å². The zero-order chi connectivity index (χ0) is 20.4. The van der Waals surface area contributed by atoms with Gasteiger partial charge in [0.25, 0.3) is 5.91 Å². The molecular weight excluding hydrogens is 402 g/mol. The van der Waals surface area contributed by atoms with E-state index in [2.05, 4.69) is 11.8 Å². The molecule has 150 valence electrons. The topological polar surface area (TPSA) is 45.1 Å². The molecule has 4 rings (SSSR count). The fraction of sp³-hybridized carbons (Fsp3) is 0.273. The minimum atomic E-state index is 0.0345. The molecule has 0 spiro atoms. The average Bonchev–Trinajstić information content (AvgIpc) is 3.23. The molecule has 5 nitrogen and oxygen atoms in total. The van der Waals surface area contributed by atoms with E-state index in [1.807, 2.05) is 60.5 Å². The Hall–Kier alpha value is -2.38. The van der Waals surface area contributed by atoms with Crippen molar-refractivity contribution in [2.75, 3.05) is 25.6 Å². The normalized spacial score (nSPS) is 20.0. The lowest BCUT2D eigenvalue weighted by molar-refractivity contribution is -0.122. The van der Waals surface area contributed by atoms with E-state index in [9.17, 15) is 4.79 Å². The molecule has 0 N–H and O–H groups in total. The van der Waals surface area contributed by atoms with E-state index >= 15 is 0 Å². The van der Waals surface area contributed by atoms with E-state index in [1.165, 1.54) is 11.8 Å². The molecule has 2 heterocycles. The molecule has 0 radical (unpaired) electrons. The maximum absolute atomic E-state index is 13.3. The van der Waals surface area contributed by atoms with Gasteiger partial charge in [-0.05, 0) is 42.4 Å². The molecule has 1 amide bonds. The van der Waals surface area contributed by atoms with E-state index in [0.29, 0.717) is 6.54 Å². The van der Waals surface area contributed by atoms with Crippen LogP contribution in [-0.4, -0.2) is 36.7 Å². The monoisotopic (exact) mass is 425 g/mol. The predicted molar refractivity (Wildman–Crippen MR) is 122 cm³/mol. The van der Waals surface area contributed by atoms with Crippen LogP contribution >= 0.6 is 23.5 Å². The summed E-state index contributed by atoms with van der Waals surface area (Å²) in [5.41, 5.74) is 1.91. The lowest BCUT2D eigenvalue weighted by Gasteiger charge is -2.16. The number of amides is 1. The number of unbranched alkanes of at least 4 members (excludes halogenated alkanes) is 1. The summed E-state index contributed by atoms with van der Waals surface area (Å²) in [6, 6.07) is 15.8. The standard InChI is InChI=1S/C22H23N3O2S2/c1-4-5-13-25-20(26)19(29-22(25)23-15-9-7-6-8-10-15)21-24(2)17-14-16(27-3)11-12-18(17)28-21/h6-12,14H,4-5,13H2,1-3H3/b21-19+,23-22?. The third-order valence-electron chi connectivity index (χ3n) is 4.81. The second-order valence-corrected chi connectivity index (χ2v) is 8.78. The van der Waals surface area contributed by atoms with E-state index in [1.54, 1.807) is 18.9 Å². The molecule has 0 aliphatic carbocycles. The highest BCUT2D eigenvalue weighted by atomic mass is 32.2. The van der Waals surface area contributed by atoms with Gasteiger partial charge >= 0.3 is 0 Å². The van der Waals surface area contributed by atoms with Gasteiger partial charge in [0.2, 0.25) is 0 Å². The van der Waals surface area contributed by atoms with Crippen LogP contribution in [-0.2, 0) is 4.79 Å². The van der Waals surface area contributed by atoms with Gasteiger partial charge in [-0.1, -0.05) is 43.3 Å². The Morgan fingerprint density at radius 1 is 1.10 bits per heavy atom. The number of rotatable bonds is 5. The Morgan fingerprint density at radius 2 is 1.90 bits per heavy atom. The van der Waals surface area contributed by atoms with Gasteiger partial charge in [-0.2, -0.15) is 0 Å². The average molecular weight is 426 g/mol. The molecule has 2 aromatic rings.